The Morgan fingerprint density at radius 2 is 1.62 bits per heavy atom. The van der Waals surface area contributed by atoms with Gasteiger partial charge in [0.25, 0.3) is 0 Å². The lowest BCUT2D eigenvalue weighted by Crippen LogP contribution is -2.32. The van der Waals surface area contributed by atoms with Gasteiger partial charge in [0.1, 0.15) is 19.8 Å². The van der Waals surface area contributed by atoms with E-state index in [1.807, 2.05) is 13.8 Å². The Balaban J connectivity index is 3.92. The quantitative estimate of drug-likeness (QED) is 0.168. The predicted octanol–water partition coefficient (Wildman–Crippen LogP) is 3.45. The summed E-state index contributed by atoms with van der Waals surface area (Å²) in [6, 6.07) is 0. The third kappa shape index (κ3) is 10.4. The van der Waals surface area contributed by atoms with Crippen molar-refractivity contribution in [2.45, 2.75) is 53.9 Å². The van der Waals surface area contributed by atoms with Gasteiger partial charge in [-0.15, -0.1) is 6.58 Å². The van der Waals surface area contributed by atoms with E-state index in [-0.39, 0.29) is 44.2 Å². The molecule has 0 unspecified atom stereocenters. The van der Waals surface area contributed by atoms with Crippen LogP contribution in [0.2, 0.25) is 0 Å². The highest BCUT2D eigenvalue weighted by Gasteiger charge is 2.35. The van der Waals surface area contributed by atoms with E-state index in [0.29, 0.717) is 0 Å². The molecule has 24 heavy (non-hydrogen) atoms. The number of ether oxygens (including phenoxy) is 2. The number of carbonyl (C=O) groups is 2. The fraction of sp³-hybridized carbons (Fsp3) is 0.778. The zero-order chi connectivity index (χ0) is 18.6. The second-order valence-corrected chi connectivity index (χ2v) is 7.08. The van der Waals surface area contributed by atoms with Gasteiger partial charge in [-0.25, -0.2) is 9.78 Å². The first-order valence-electron chi connectivity index (χ1n) is 8.33. The van der Waals surface area contributed by atoms with Crippen LogP contribution in [0.3, 0.4) is 0 Å². The van der Waals surface area contributed by atoms with Crippen molar-refractivity contribution in [3.8, 4) is 0 Å². The summed E-state index contributed by atoms with van der Waals surface area (Å²) in [6.07, 6.45) is 3.33. The average Bonchev–Trinajstić information content (AvgIpc) is 2.50. The van der Waals surface area contributed by atoms with Crippen molar-refractivity contribution in [3.63, 3.8) is 0 Å². The van der Waals surface area contributed by atoms with Crippen LogP contribution < -0.4 is 0 Å². The molecule has 0 bridgehead atoms. The van der Waals surface area contributed by atoms with Gasteiger partial charge in [-0.1, -0.05) is 33.3 Å². The molecule has 0 aliphatic heterocycles. The minimum atomic E-state index is -0.570. The summed E-state index contributed by atoms with van der Waals surface area (Å²) >= 11 is 0. The maximum atomic E-state index is 12.2. The Hall–Kier alpha value is -1.40. The van der Waals surface area contributed by atoms with E-state index in [1.165, 1.54) is 6.08 Å². The molecule has 0 spiro atoms. The fourth-order valence-electron chi connectivity index (χ4n) is 2.23. The molecule has 0 aliphatic rings. The summed E-state index contributed by atoms with van der Waals surface area (Å²) < 4.78 is 10.2. The monoisotopic (exact) mass is 344 g/mol. The summed E-state index contributed by atoms with van der Waals surface area (Å²) in [7, 11) is 0. The first-order valence-corrected chi connectivity index (χ1v) is 8.33. The molecule has 6 heteroatoms. The molecule has 0 saturated heterocycles. The van der Waals surface area contributed by atoms with Crippen LogP contribution in [0, 0.1) is 10.8 Å². The average molecular weight is 344 g/mol. The lowest BCUT2D eigenvalue weighted by atomic mass is 9.74. The maximum absolute atomic E-state index is 12.2. The molecule has 0 N–H and O–H groups in total. The Morgan fingerprint density at radius 1 is 1.00 bits per heavy atom. The Labute approximate surface area is 145 Å². The molecular weight excluding hydrogens is 312 g/mol. The van der Waals surface area contributed by atoms with Gasteiger partial charge < -0.3 is 9.47 Å². The highest BCUT2D eigenvalue weighted by atomic mass is 17.2. The van der Waals surface area contributed by atoms with Crippen LogP contribution in [0.15, 0.2) is 12.7 Å². The number of rotatable bonds is 13. The van der Waals surface area contributed by atoms with Crippen molar-refractivity contribution in [3.05, 3.63) is 12.7 Å². The predicted molar refractivity (Wildman–Crippen MR) is 91.1 cm³/mol. The second-order valence-electron chi connectivity index (χ2n) is 7.08. The van der Waals surface area contributed by atoms with Crippen molar-refractivity contribution in [2.75, 3.05) is 26.4 Å². The summed E-state index contributed by atoms with van der Waals surface area (Å²) in [5.41, 5.74) is -0.498. The number of carbonyl (C=O) groups excluding carboxylic acids is 2. The van der Waals surface area contributed by atoms with Crippen molar-refractivity contribution in [1.29, 1.82) is 0 Å². The molecule has 0 heterocycles. The topological polar surface area (TPSA) is 71.1 Å². The highest BCUT2D eigenvalue weighted by Crippen LogP contribution is 2.36. The van der Waals surface area contributed by atoms with E-state index < -0.39 is 11.4 Å². The molecule has 0 fully saturated rings. The van der Waals surface area contributed by atoms with E-state index >= 15 is 0 Å². The van der Waals surface area contributed by atoms with E-state index in [9.17, 15) is 9.59 Å². The van der Waals surface area contributed by atoms with Gasteiger partial charge in [-0.2, -0.15) is 0 Å². The summed E-state index contributed by atoms with van der Waals surface area (Å²) in [6.45, 7) is 14.0. The van der Waals surface area contributed by atoms with Crippen molar-refractivity contribution >= 4 is 11.9 Å². The van der Waals surface area contributed by atoms with Gasteiger partial charge in [-0.05, 0) is 25.7 Å². The summed E-state index contributed by atoms with van der Waals surface area (Å²) in [5.74, 6) is -0.708. The van der Waals surface area contributed by atoms with Crippen molar-refractivity contribution in [2.24, 2.45) is 10.8 Å². The largest absolute Gasteiger partial charge is 0.462 e. The minimum absolute atomic E-state index is 0.0331. The molecule has 0 aliphatic carbocycles. The minimum Gasteiger partial charge on any atom is -0.462 e. The van der Waals surface area contributed by atoms with E-state index in [1.54, 1.807) is 0 Å². The molecule has 140 valence electrons. The molecule has 0 aromatic rings. The number of hydrogen-bond acceptors (Lipinski definition) is 6. The van der Waals surface area contributed by atoms with Crippen molar-refractivity contribution < 1.29 is 28.8 Å². The van der Waals surface area contributed by atoms with Crippen LogP contribution in [-0.2, 0) is 28.8 Å². The first kappa shape index (κ1) is 22.6. The third-order valence-electron chi connectivity index (χ3n) is 3.67. The van der Waals surface area contributed by atoms with Crippen LogP contribution in [0.4, 0.5) is 0 Å². The number of hydrogen-bond donors (Lipinski definition) is 0. The van der Waals surface area contributed by atoms with Crippen LogP contribution in [0.25, 0.3) is 0 Å². The lowest BCUT2D eigenvalue weighted by Gasteiger charge is -2.32. The molecular formula is C18H32O6. The zero-order valence-electron chi connectivity index (χ0n) is 15.7. The van der Waals surface area contributed by atoms with E-state index in [2.05, 4.69) is 32.2 Å². The van der Waals surface area contributed by atoms with Crippen LogP contribution in [0.1, 0.15) is 53.9 Å². The van der Waals surface area contributed by atoms with Crippen molar-refractivity contribution in [1.82, 2.24) is 0 Å². The fourth-order valence-corrected chi connectivity index (χ4v) is 2.23. The Bertz CT molecular complexity index is 400. The summed E-state index contributed by atoms with van der Waals surface area (Å²) in [4.78, 5) is 33.0. The van der Waals surface area contributed by atoms with E-state index in [4.69, 9.17) is 14.4 Å². The standard InChI is InChI=1S/C18H32O6/c1-7-10-23-24-11-9-15(19)21-12-13-22-16(20)18(5,6)14-17(3,4)8-2/h7H,1,8-14H2,2-6H3. The van der Waals surface area contributed by atoms with Crippen LogP contribution >= 0.6 is 0 Å². The number of esters is 2. The third-order valence-corrected chi connectivity index (χ3v) is 3.67. The smallest absolute Gasteiger partial charge is 0.311 e. The first-order chi connectivity index (χ1) is 11.1. The molecule has 0 rings (SSSR count). The summed E-state index contributed by atoms with van der Waals surface area (Å²) in [5, 5.41) is 0. The molecule has 0 amide bonds. The van der Waals surface area contributed by atoms with Crippen LogP contribution in [-0.4, -0.2) is 38.4 Å². The lowest BCUT2D eigenvalue weighted by molar-refractivity contribution is -0.286. The maximum Gasteiger partial charge on any atom is 0.311 e. The molecule has 0 atom stereocenters. The molecule has 0 radical (unpaired) electrons. The molecule has 0 saturated carbocycles. The van der Waals surface area contributed by atoms with Gasteiger partial charge in [0.05, 0.1) is 18.4 Å². The molecule has 6 nitrogen and oxygen atoms in total. The van der Waals surface area contributed by atoms with Gasteiger partial charge in [0.15, 0.2) is 0 Å². The Morgan fingerprint density at radius 3 is 2.21 bits per heavy atom. The normalized spacial score (nSPS) is 11.9. The second kappa shape index (κ2) is 11.2. The molecule has 0 aromatic carbocycles. The SMILES string of the molecule is C=CCOOCCC(=O)OCCOC(=O)C(C)(C)CC(C)(C)CC. The van der Waals surface area contributed by atoms with E-state index in [0.717, 1.165) is 12.8 Å². The van der Waals surface area contributed by atoms with Gasteiger partial charge >= 0.3 is 11.9 Å². The van der Waals surface area contributed by atoms with Crippen LogP contribution in [0.5, 0.6) is 0 Å². The van der Waals surface area contributed by atoms with Gasteiger partial charge in [0.2, 0.25) is 0 Å². The van der Waals surface area contributed by atoms with Gasteiger partial charge in [0, 0.05) is 0 Å². The molecule has 0 aromatic heterocycles. The Kier molecular flexibility index (Phi) is 10.6. The highest BCUT2D eigenvalue weighted by molar-refractivity contribution is 5.76. The zero-order valence-corrected chi connectivity index (χ0v) is 15.7. The van der Waals surface area contributed by atoms with Gasteiger partial charge in [-0.3, -0.25) is 9.59 Å².